The van der Waals surface area contributed by atoms with Crippen LogP contribution in [0.4, 0.5) is 0 Å². The highest BCUT2D eigenvalue weighted by Gasteiger charge is 1.95. The van der Waals surface area contributed by atoms with E-state index in [1.54, 1.807) is 13.1 Å². The summed E-state index contributed by atoms with van der Waals surface area (Å²) in [6.45, 7) is 0. The van der Waals surface area contributed by atoms with Crippen LogP contribution >= 0.6 is 15.9 Å². The molecule has 0 aromatic heterocycles. The maximum absolute atomic E-state index is 8.16. The zero-order valence-electron chi connectivity index (χ0n) is 4.90. The minimum absolute atomic E-state index is 0.0793. The second-order valence-electron chi connectivity index (χ2n) is 1.27. The number of nitriles is 1. The van der Waals surface area contributed by atoms with E-state index in [9.17, 15) is 0 Å². The van der Waals surface area contributed by atoms with Crippen molar-refractivity contribution in [3.05, 3.63) is 10.7 Å². The maximum Gasteiger partial charge on any atom is 0.147 e. The molecule has 0 aliphatic carbocycles. The van der Waals surface area contributed by atoms with Gasteiger partial charge >= 0.3 is 0 Å². The third kappa shape index (κ3) is 2.88. The lowest BCUT2D eigenvalue weighted by Crippen LogP contribution is -1.98. The zero-order valence-corrected chi connectivity index (χ0v) is 6.49. The summed E-state index contributed by atoms with van der Waals surface area (Å²) in [6, 6.07) is 1.68. The third-order valence-electron chi connectivity index (χ3n) is 0.622. The fourth-order valence-corrected chi connectivity index (χ4v) is 0.570. The fraction of sp³-hybridized carbons (Fsp3) is 0.200. The molecule has 0 heterocycles. The number of nitrogens with one attached hydrogen (secondary N) is 2. The van der Waals surface area contributed by atoms with Crippen LogP contribution in [0.25, 0.3) is 0 Å². The highest BCUT2D eigenvalue weighted by molar-refractivity contribution is 9.12. The average Bonchev–Trinajstić information content (AvgIpc) is 1.87. The Labute approximate surface area is 62.0 Å². The molecule has 0 radical (unpaired) electrons. The second-order valence-corrected chi connectivity index (χ2v) is 2.12. The molecule has 4 heteroatoms. The lowest BCUT2D eigenvalue weighted by Gasteiger charge is -1.89. The minimum atomic E-state index is -0.0793. The maximum atomic E-state index is 8.16. The molecule has 0 amide bonds. The van der Waals surface area contributed by atoms with Gasteiger partial charge in [0.15, 0.2) is 0 Å². The lowest BCUT2D eigenvalue weighted by molar-refractivity contribution is 1.10. The molecule has 0 saturated carbocycles. The average molecular weight is 188 g/mol. The zero-order chi connectivity index (χ0) is 7.28. The van der Waals surface area contributed by atoms with Crippen LogP contribution in [0.3, 0.4) is 0 Å². The first-order valence-corrected chi connectivity index (χ1v) is 3.03. The summed E-state index contributed by atoms with van der Waals surface area (Å²) in [7, 11) is 1.70. The molecule has 0 aromatic carbocycles. The standard InChI is InChI=1S/C5H6BrN3/c1-9-3-4(6)5(8)2-7/h3,8-9H,1H3/b4-3+,8-5?. The monoisotopic (exact) mass is 187 g/mol. The van der Waals surface area contributed by atoms with Gasteiger partial charge in [0.1, 0.15) is 11.8 Å². The van der Waals surface area contributed by atoms with Gasteiger partial charge in [-0.3, -0.25) is 5.41 Å². The lowest BCUT2D eigenvalue weighted by atomic mass is 10.4. The Hall–Kier alpha value is -0.820. The van der Waals surface area contributed by atoms with Gasteiger partial charge < -0.3 is 5.32 Å². The largest absolute Gasteiger partial charge is 0.393 e. The Morgan fingerprint density at radius 1 is 1.89 bits per heavy atom. The van der Waals surface area contributed by atoms with Gasteiger partial charge in [-0.1, -0.05) is 0 Å². The van der Waals surface area contributed by atoms with Gasteiger partial charge in [-0.25, -0.2) is 0 Å². The minimum Gasteiger partial charge on any atom is -0.393 e. The number of hydrogen-bond donors (Lipinski definition) is 2. The van der Waals surface area contributed by atoms with Crippen LogP contribution < -0.4 is 5.32 Å². The third-order valence-corrected chi connectivity index (χ3v) is 1.25. The highest BCUT2D eigenvalue weighted by Crippen LogP contribution is 2.02. The Bertz CT molecular complexity index is 177. The van der Waals surface area contributed by atoms with Crippen LogP contribution in [-0.2, 0) is 0 Å². The molecule has 0 rings (SSSR count). The first kappa shape index (κ1) is 8.18. The van der Waals surface area contributed by atoms with Crippen LogP contribution in [0, 0.1) is 16.7 Å². The molecule has 0 saturated heterocycles. The van der Waals surface area contributed by atoms with Crippen LogP contribution in [0.2, 0.25) is 0 Å². The number of rotatable bonds is 2. The first-order valence-electron chi connectivity index (χ1n) is 2.24. The number of allylic oxidation sites excluding steroid dienone is 1. The summed E-state index contributed by atoms with van der Waals surface area (Å²) >= 11 is 3.02. The summed E-state index contributed by atoms with van der Waals surface area (Å²) in [5.74, 6) is 0. The summed E-state index contributed by atoms with van der Waals surface area (Å²) < 4.78 is 0.465. The summed E-state index contributed by atoms with van der Waals surface area (Å²) in [4.78, 5) is 0. The Morgan fingerprint density at radius 3 is 2.78 bits per heavy atom. The summed E-state index contributed by atoms with van der Waals surface area (Å²) in [5, 5.41) is 17.8. The molecular weight excluding hydrogens is 182 g/mol. The molecule has 48 valence electrons. The molecular formula is C5H6BrN3. The van der Waals surface area contributed by atoms with Crippen molar-refractivity contribution in [2.75, 3.05) is 7.05 Å². The Kier molecular flexibility index (Phi) is 3.72. The summed E-state index contributed by atoms with van der Waals surface area (Å²) in [6.07, 6.45) is 1.53. The van der Waals surface area contributed by atoms with Gasteiger partial charge in [0, 0.05) is 13.2 Å². The smallest absolute Gasteiger partial charge is 0.147 e. The molecule has 3 nitrogen and oxygen atoms in total. The van der Waals surface area contributed by atoms with Crippen LogP contribution in [0.1, 0.15) is 0 Å². The van der Waals surface area contributed by atoms with Gasteiger partial charge in [-0.2, -0.15) is 5.26 Å². The van der Waals surface area contributed by atoms with E-state index in [2.05, 4.69) is 21.2 Å². The molecule has 2 N–H and O–H groups in total. The topological polar surface area (TPSA) is 59.7 Å². The molecule has 0 spiro atoms. The number of nitrogens with zero attached hydrogens (tertiary/aromatic N) is 1. The van der Waals surface area contributed by atoms with Crippen molar-refractivity contribution < 1.29 is 0 Å². The van der Waals surface area contributed by atoms with Crippen molar-refractivity contribution in [1.82, 2.24) is 5.32 Å². The van der Waals surface area contributed by atoms with E-state index in [1.165, 1.54) is 6.20 Å². The van der Waals surface area contributed by atoms with E-state index in [4.69, 9.17) is 10.7 Å². The van der Waals surface area contributed by atoms with Crippen molar-refractivity contribution in [2.45, 2.75) is 0 Å². The van der Waals surface area contributed by atoms with E-state index in [1.807, 2.05) is 0 Å². The van der Waals surface area contributed by atoms with Crippen molar-refractivity contribution in [1.29, 1.82) is 10.7 Å². The van der Waals surface area contributed by atoms with Crippen LogP contribution in [0.5, 0.6) is 0 Å². The van der Waals surface area contributed by atoms with Crippen molar-refractivity contribution in [3.8, 4) is 6.07 Å². The molecule has 0 aliphatic heterocycles. The number of halogens is 1. The fourth-order valence-electron chi connectivity index (χ4n) is 0.252. The van der Waals surface area contributed by atoms with Gasteiger partial charge in [0.2, 0.25) is 0 Å². The SMILES string of the molecule is CN/C=C(/Br)C(=N)C#N. The quantitative estimate of drug-likeness (QED) is 0.634. The Balaban J connectivity index is 4.07. The van der Waals surface area contributed by atoms with Crippen LogP contribution in [0.15, 0.2) is 10.7 Å². The van der Waals surface area contributed by atoms with E-state index in [0.717, 1.165) is 0 Å². The normalized spacial score (nSPS) is 10.1. The molecule has 0 atom stereocenters. The van der Waals surface area contributed by atoms with Crippen molar-refractivity contribution >= 4 is 21.6 Å². The van der Waals surface area contributed by atoms with E-state index >= 15 is 0 Å². The van der Waals surface area contributed by atoms with Crippen molar-refractivity contribution in [2.24, 2.45) is 0 Å². The van der Waals surface area contributed by atoms with E-state index in [-0.39, 0.29) is 5.71 Å². The molecule has 0 aromatic rings. The second kappa shape index (κ2) is 4.10. The molecule has 0 unspecified atom stereocenters. The predicted octanol–water partition coefficient (Wildman–Crippen LogP) is 0.985. The van der Waals surface area contributed by atoms with Gasteiger partial charge in [-0.15, -0.1) is 0 Å². The van der Waals surface area contributed by atoms with E-state index < -0.39 is 0 Å². The van der Waals surface area contributed by atoms with E-state index in [0.29, 0.717) is 4.48 Å². The van der Waals surface area contributed by atoms with Gasteiger partial charge in [0.25, 0.3) is 0 Å². The molecule has 0 bridgehead atoms. The van der Waals surface area contributed by atoms with Gasteiger partial charge in [0.05, 0.1) is 4.48 Å². The highest BCUT2D eigenvalue weighted by atomic mass is 79.9. The number of hydrogen-bond acceptors (Lipinski definition) is 3. The first-order chi connectivity index (χ1) is 4.22. The van der Waals surface area contributed by atoms with Gasteiger partial charge in [-0.05, 0) is 15.9 Å². The van der Waals surface area contributed by atoms with Crippen LogP contribution in [-0.4, -0.2) is 12.8 Å². The Morgan fingerprint density at radius 2 is 2.44 bits per heavy atom. The molecule has 0 aliphatic rings. The molecule has 0 fully saturated rings. The molecule has 9 heavy (non-hydrogen) atoms. The summed E-state index contributed by atoms with van der Waals surface area (Å²) in [5.41, 5.74) is -0.0793. The predicted molar refractivity (Wildman–Crippen MR) is 39.4 cm³/mol. The van der Waals surface area contributed by atoms with Crippen molar-refractivity contribution in [3.63, 3.8) is 0 Å².